The maximum absolute atomic E-state index is 9.51. The van der Waals surface area contributed by atoms with Crippen LogP contribution in [-0.2, 0) is 11.3 Å². The molecule has 1 aromatic carbocycles. The number of pyridine rings is 2. The zero-order chi connectivity index (χ0) is 24.6. The van der Waals surface area contributed by atoms with E-state index in [0.717, 1.165) is 74.8 Å². The number of ether oxygens (including phenoxy) is 1. The van der Waals surface area contributed by atoms with Crippen LogP contribution in [0.25, 0.3) is 10.9 Å². The second-order valence-electron chi connectivity index (χ2n) is 10.2. The van der Waals surface area contributed by atoms with E-state index in [1.165, 1.54) is 11.3 Å². The fraction of sp³-hybridized carbons (Fsp3) is 0.464. The Bertz CT molecular complexity index is 1300. The molecule has 8 nitrogen and oxygen atoms in total. The van der Waals surface area contributed by atoms with Gasteiger partial charge in [-0.3, -0.25) is 9.88 Å². The van der Waals surface area contributed by atoms with Crippen molar-refractivity contribution in [3.8, 4) is 6.07 Å². The van der Waals surface area contributed by atoms with Crippen LogP contribution in [0, 0.1) is 11.3 Å². The van der Waals surface area contributed by atoms with Gasteiger partial charge < -0.3 is 19.9 Å². The number of nitrogens with one attached hydrogen (secondary N) is 1. The van der Waals surface area contributed by atoms with Crippen LogP contribution in [0.1, 0.15) is 36.7 Å². The first-order valence-corrected chi connectivity index (χ1v) is 13.0. The summed E-state index contributed by atoms with van der Waals surface area (Å²) in [6.07, 6.45) is 2.03. The molecule has 186 valence electrons. The van der Waals surface area contributed by atoms with E-state index in [0.29, 0.717) is 11.6 Å². The Kier molecular flexibility index (Phi) is 6.22. The normalized spacial score (nSPS) is 24.6. The number of hydrogen-bond acceptors (Lipinski definition) is 8. The number of anilines is 2. The minimum Gasteiger partial charge on any atom is -0.370 e. The Morgan fingerprint density at radius 3 is 2.75 bits per heavy atom. The molecule has 0 bridgehead atoms. The second-order valence-corrected chi connectivity index (χ2v) is 10.2. The smallest absolute Gasteiger partial charge is 0.128 e. The highest BCUT2D eigenvalue weighted by molar-refractivity contribution is 5.95. The zero-order valence-electron chi connectivity index (χ0n) is 21.0. The molecule has 8 heteroatoms. The lowest BCUT2D eigenvalue weighted by Crippen LogP contribution is -2.54. The molecule has 3 atom stereocenters. The third-order valence-electron chi connectivity index (χ3n) is 7.73. The maximum atomic E-state index is 9.51. The summed E-state index contributed by atoms with van der Waals surface area (Å²) in [5.74, 6) is 1.10. The molecule has 0 aliphatic carbocycles. The Morgan fingerprint density at radius 2 is 1.92 bits per heavy atom. The first-order valence-electron chi connectivity index (χ1n) is 13.0. The van der Waals surface area contributed by atoms with Crippen molar-refractivity contribution in [3.63, 3.8) is 0 Å². The predicted octanol–water partition coefficient (Wildman–Crippen LogP) is 3.08. The van der Waals surface area contributed by atoms with Gasteiger partial charge in [-0.05, 0) is 49.7 Å². The highest BCUT2D eigenvalue weighted by Crippen LogP contribution is 2.31. The molecule has 2 fully saturated rings. The summed E-state index contributed by atoms with van der Waals surface area (Å²) in [6, 6.07) is 15.1. The van der Waals surface area contributed by atoms with Gasteiger partial charge in [0, 0.05) is 75.7 Å². The van der Waals surface area contributed by atoms with Crippen LogP contribution in [0.3, 0.4) is 0 Å². The van der Waals surface area contributed by atoms with Crippen molar-refractivity contribution in [2.75, 3.05) is 55.6 Å². The molecule has 36 heavy (non-hydrogen) atoms. The lowest BCUT2D eigenvalue weighted by atomic mass is 10.1. The third-order valence-corrected chi connectivity index (χ3v) is 7.73. The van der Waals surface area contributed by atoms with Crippen LogP contribution in [0.15, 0.2) is 42.6 Å². The lowest BCUT2D eigenvalue weighted by Gasteiger charge is -2.42. The quantitative estimate of drug-likeness (QED) is 0.607. The Balaban J connectivity index is 1.11. The summed E-state index contributed by atoms with van der Waals surface area (Å²) in [5, 5.41) is 14.0. The van der Waals surface area contributed by atoms with Crippen LogP contribution in [0.5, 0.6) is 0 Å². The van der Waals surface area contributed by atoms with Crippen LogP contribution in [0.4, 0.5) is 11.5 Å². The largest absolute Gasteiger partial charge is 0.370 e. The number of rotatable bonds is 4. The van der Waals surface area contributed by atoms with E-state index in [2.05, 4.69) is 69.2 Å². The van der Waals surface area contributed by atoms with E-state index in [1.807, 2.05) is 12.1 Å². The zero-order valence-corrected chi connectivity index (χ0v) is 21.0. The van der Waals surface area contributed by atoms with E-state index < -0.39 is 0 Å². The van der Waals surface area contributed by atoms with Gasteiger partial charge >= 0.3 is 0 Å². The maximum Gasteiger partial charge on any atom is 0.128 e. The Hall–Kier alpha value is -3.25. The summed E-state index contributed by atoms with van der Waals surface area (Å²) in [5.41, 5.74) is 5.05. The fourth-order valence-corrected chi connectivity index (χ4v) is 5.89. The number of nitriles is 1. The summed E-state index contributed by atoms with van der Waals surface area (Å²) in [4.78, 5) is 16.8. The van der Waals surface area contributed by atoms with Gasteiger partial charge in [0.05, 0.1) is 29.0 Å². The number of aromatic nitrogens is 2. The molecule has 2 saturated heterocycles. The highest BCUT2D eigenvalue weighted by Gasteiger charge is 2.30. The van der Waals surface area contributed by atoms with Gasteiger partial charge in [0.2, 0.25) is 0 Å². The van der Waals surface area contributed by atoms with Crippen molar-refractivity contribution in [2.24, 2.45) is 0 Å². The molecular formula is C28H33N7O. The minimum absolute atomic E-state index is 0.133. The monoisotopic (exact) mass is 483 g/mol. The van der Waals surface area contributed by atoms with Crippen molar-refractivity contribution < 1.29 is 4.74 Å². The van der Waals surface area contributed by atoms with Crippen LogP contribution in [0.2, 0.25) is 0 Å². The number of nitrogens with zero attached hydrogens (tertiary/aromatic N) is 6. The summed E-state index contributed by atoms with van der Waals surface area (Å²) < 4.78 is 6.39. The van der Waals surface area contributed by atoms with Gasteiger partial charge in [-0.2, -0.15) is 5.26 Å². The van der Waals surface area contributed by atoms with Gasteiger partial charge in [-0.1, -0.05) is 6.07 Å². The Morgan fingerprint density at radius 1 is 1.06 bits per heavy atom. The molecular weight excluding hydrogens is 450 g/mol. The fourth-order valence-electron chi connectivity index (χ4n) is 5.89. The molecule has 2 aromatic heterocycles. The first kappa shape index (κ1) is 23.2. The SMILES string of the molecule is CC1CN(c2ccc(C#N)c3ncccc23)CC(CN2CCN(c3ccc4c(n3)CN[C@@H]4C)CC2)O1. The van der Waals surface area contributed by atoms with Gasteiger partial charge in [-0.15, -0.1) is 0 Å². The van der Waals surface area contributed by atoms with Crippen LogP contribution < -0.4 is 15.1 Å². The topological polar surface area (TPSA) is 80.6 Å². The molecule has 1 N–H and O–H groups in total. The van der Waals surface area contributed by atoms with Crippen molar-refractivity contribution in [3.05, 3.63) is 59.4 Å². The van der Waals surface area contributed by atoms with Gasteiger partial charge in [0.1, 0.15) is 11.9 Å². The predicted molar refractivity (Wildman–Crippen MR) is 141 cm³/mol. The second kappa shape index (κ2) is 9.66. The van der Waals surface area contributed by atoms with Crippen molar-refractivity contribution in [2.45, 2.75) is 38.6 Å². The van der Waals surface area contributed by atoms with Crippen LogP contribution >= 0.6 is 0 Å². The number of morpholine rings is 1. The minimum atomic E-state index is 0.133. The van der Waals surface area contributed by atoms with Crippen molar-refractivity contribution in [1.82, 2.24) is 20.2 Å². The average Bonchev–Trinajstić information content (AvgIpc) is 3.28. The van der Waals surface area contributed by atoms with Crippen molar-refractivity contribution in [1.29, 1.82) is 5.26 Å². The highest BCUT2D eigenvalue weighted by atomic mass is 16.5. The molecule has 0 radical (unpaired) electrons. The average molecular weight is 484 g/mol. The Labute approximate surface area is 212 Å². The van der Waals surface area contributed by atoms with E-state index in [4.69, 9.17) is 9.72 Å². The number of hydrogen-bond donors (Lipinski definition) is 1. The van der Waals surface area contributed by atoms with E-state index in [1.54, 1.807) is 6.20 Å². The summed E-state index contributed by atoms with van der Waals surface area (Å²) in [6.45, 7) is 11.8. The molecule has 0 amide bonds. The molecule has 3 aliphatic rings. The molecule has 3 aromatic rings. The van der Waals surface area contributed by atoms with Crippen LogP contribution in [-0.4, -0.2) is 72.9 Å². The molecule has 0 spiro atoms. The van der Waals surface area contributed by atoms with Gasteiger partial charge in [0.15, 0.2) is 0 Å². The van der Waals surface area contributed by atoms with E-state index >= 15 is 0 Å². The van der Waals surface area contributed by atoms with E-state index in [9.17, 15) is 5.26 Å². The van der Waals surface area contributed by atoms with Crippen molar-refractivity contribution >= 4 is 22.4 Å². The standard InChI is InChI=1S/C28H33N7O/c1-19-16-35(26-7-5-21(14-29)28-24(26)4-3-9-30-28)18-22(36-19)17-33-10-12-34(13-11-33)27-8-6-23-20(2)31-15-25(23)32-27/h3-9,19-20,22,31H,10-13,15-18H2,1-2H3/t19?,20-,22?/m1/s1. The molecule has 0 saturated carbocycles. The number of benzene rings is 1. The molecule has 5 heterocycles. The van der Waals surface area contributed by atoms with Gasteiger partial charge in [0.25, 0.3) is 0 Å². The summed E-state index contributed by atoms with van der Waals surface area (Å²) in [7, 11) is 0. The summed E-state index contributed by atoms with van der Waals surface area (Å²) >= 11 is 0. The first-order chi connectivity index (χ1) is 17.6. The molecule has 3 aliphatic heterocycles. The van der Waals surface area contributed by atoms with E-state index in [-0.39, 0.29) is 12.2 Å². The molecule has 6 rings (SSSR count). The molecule has 2 unspecified atom stereocenters. The third kappa shape index (κ3) is 4.39. The van der Waals surface area contributed by atoms with Gasteiger partial charge in [-0.25, -0.2) is 4.98 Å². The number of piperazine rings is 1. The number of fused-ring (bicyclic) bond motifs is 2. The lowest BCUT2D eigenvalue weighted by molar-refractivity contribution is -0.0327.